The second-order valence-corrected chi connectivity index (χ2v) is 10.8. The first kappa shape index (κ1) is 22.8. The van der Waals surface area contributed by atoms with Crippen molar-refractivity contribution in [1.29, 1.82) is 0 Å². The molecule has 0 aliphatic carbocycles. The highest BCUT2D eigenvalue weighted by atomic mass is 32.1. The van der Waals surface area contributed by atoms with Crippen molar-refractivity contribution in [2.45, 2.75) is 0 Å². The lowest BCUT2D eigenvalue weighted by Crippen LogP contribution is -2.00. The SMILES string of the molecule is c1ccc(-c2nc(-c3ccccc3)nc(-c3ccc4sc5c6ccccc6n(-c6ccccc6)c5c4c3)n2)cc1. The Morgan fingerprint density at radius 3 is 1.68 bits per heavy atom. The summed E-state index contributed by atoms with van der Waals surface area (Å²) >= 11 is 1.84. The summed E-state index contributed by atoms with van der Waals surface area (Å²) in [5, 5.41) is 2.46. The Hall–Kier alpha value is -5.13. The Kier molecular flexibility index (Phi) is 5.28. The topological polar surface area (TPSA) is 43.6 Å². The van der Waals surface area contributed by atoms with Crippen LogP contribution in [0.5, 0.6) is 0 Å². The lowest BCUT2D eigenvalue weighted by molar-refractivity contribution is 1.07. The zero-order valence-electron chi connectivity index (χ0n) is 21.4. The molecule has 0 amide bonds. The Labute approximate surface area is 234 Å². The predicted octanol–water partition coefficient (Wildman–Crippen LogP) is 9.18. The van der Waals surface area contributed by atoms with Crippen LogP contribution in [0.4, 0.5) is 0 Å². The van der Waals surface area contributed by atoms with Crippen molar-refractivity contribution < 1.29 is 0 Å². The van der Waals surface area contributed by atoms with Crippen LogP contribution in [0.25, 0.3) is 71.1 Å². The molecular formula is C35H22N4S. The third-order valence-corrected chi connectivity index (χ3v) is 8.44. The fourth-order valence-electron chi connectivity index (χ4n) is 5.39. The summed E-state index contributed by atoms with van der Waals surface area (Å²) in [6, 6.07) is 46.0. The molecule has 0 atom stereocenters. The van der Waals surface area contributed by atoms with E-state index in [9.17, 15) is 0 Å². The minimum Gasteiger partial charge on any atom is -0.308 e. The second kappa shape index (κ2) is 9.26. The molecule has 0 saturated heterocycles. The summed E-state index contributed by atoms with van der Waals surface area (Å²) < 4.78 is 4.91. The smallest absolute Gasteiger partial charge is 0.164 e. The third-order valence-electron chi connectivity index (χ3n) is 7.25. The number of thiophene rings is 1. The van der Waals surface area contributed by atoms with Crippen molar-refractivity contribution in [2.75, 3.05) is 0 Å². The van der Waals surface area contributed by atoms with Gasteiger partial charge in [-0.2, -0.15) is 0 Å². The van der Waals surface area contributed by atoms with E-state index in [1.165, 1.54) is 31.2 Å². The van der Waals surface area contributed by atoms with Gasteiger partial charge in [0.05, 0.1) is 15.7 Å². The molecule has 8 rings (SSSR count). The summed E-state index contributed by atoms with van der Waals surface area (Å²) in [6.07, 6.45) is 0. The van der Waals surface area contributed by atoms with Crippen molar-refractivity contribution in [2.24, 2.45) is 0 Å². The number of benzene rings is 5. The van der Waals surface area contributed by atoms with Crippen LogP contribution in [-0.4, -0.2) is 19.5 Å². The van der Waals surface area contributed by atoms with Gasteiger partial charge in [0.2, 0.25) is 0 Å². The van der Waals surface area contributed by atoms with Gasteiger partial charge in [0.15, 0.2) is 17.5 Å². The number of aromatic nitrogens is 4. The number of hydrogen-bond acceptors (Lipinski definition) is 4. The van der Waals surface area contributed by atoms with Gasteiger partial charge in [-0.25, -0.2) is 15.0 Å². The van der Waals surface area contributed by atoms with Crippen LogP contribution in [0, 0.1) is 0 Å². The lowest BCUT2D eigenvalue weighted by atomic mass is 10.1. The molecule has 0 unspecified atom stereocenters. The molecule has 0 N–H and O–H groups in total. The molecule has 3 aromatic heterocycles. The van der Waals surface area contributed by atoms with Gasteiger partial charge in [0.1, 0.15) is 0 Å². The van der Waals surface area contributed by atoms with Crippen LogP contribution in [0.15, 0.2) is 133 Å². The van der Waals surface area contributed by atoms with E-state index < -0.39 is 0 Å². The van der Waals surface area contributed by atoms with Gasteiger partial charge in [-0.3, -0.25) is 0 Å². The molecule has 40 heavy (non-hydrogen) atoms. The quantitative estimate of drug-likeness (QED) is 0.228. The molecular weight excluding hydrogens is 508 g/mol. The van der Waals surface area contributed by atoms with Crippen LogP contribution < -0.4 is 0 Å². The number of fused-ring (bicyclic) bond motifs is 5. The first-order valence-corrected chi connectivity index (χ1v) is 14.0. The van der Waals surface area contributed by atoms with Crippen molar-refractivity contribution in [1.82, 2.24) is 19.5 Å². The van der Waals surface area contributed by atoms with E-state index in [1.807, 2.05) is 72.0 Å². The molecule has 0 spiro atoms. The molecule has 4 nitrogen and oxygen atoms in total. The maximum atomic E-state index is 4.97. The average Bonchev–Trinajstić information content (AvgIpc) is 3.56. The van der Waals surface area contributed by atoms with E-state index in [4.69, 9.17) is 15.0 Å². The molecule has 5 heteroatoms. The predicted molar refractivity (Wildman–Crippen MR) is 166 cm³/mol. The maximum Gasteiger partial charge on any atom is 0.164 e. The molecule has 0 aliphatic rings. The fourth-order valence-corrected chi connectivity index (χ4v) is 6.59. The summed E-state index contributed by atoms with van der Waals surface area (Å²) in [5.41, 5.74) is 6.47. The van der Waals surface area contributed by atoms with Gasteiger partial charge in [-0.15, -0.1) is 11.3 Å². The van der Waals surface area contributed by atoms with Crippen molar-refractivity contribution in [3.05, 3.63) is 133 Å². The summed E-state index contributed by atoms with van der Waals surface area (Å²) in [7, 11) is 0. The summed E-state index contributed by atoms with van der Waals surface area (Å²) in [5.74, 6) is 1.99. The van der Waals surface area contributed by atoms with Gasteiger partial charge in [-0.1, -0.05) is 97.1 Å². The highest BCUT2D eigenvalue weighted by molar-refractivity contribution is 7.26. The van der Waals surface area contributed by atoms with E-state index in [2.05, 4.69) is 77.4 Å². The van der Waals surface area contributed by atoms with E-state index in [0.29, 0.717) is 17.5 Å². The number of nitrogens with zero attached hydrogens (tertiary/aromatic N) is 4. The normalized spacial score (nSPS) is 11.5. The van der Waals surface area contributed by atoms with Crippen LogP contribution in [0.3, 0.4) is 0 Å². The highest BCUT2D eigenvalue weighted by Crippen LogP contribution is 2.43. The zero-order valence-corrected chi connectivity index (χ0v) is 22.2. The first-order chi connectivity index (χ1) is 19.8. The van der Waals surface area contributed by atoms with E-state index in [-0.39, 0.29) is 0 Å². The van der Waals surface area contributed by atoms with Crippen LogP contribution in [0.1, 0.15) is 0 Å². The monoisotopic (exact) mass is 530 g/mol. The van der Waals surface area contributed by atoms with Gasteiger partial charge in [-0.05, 0) is 36.4 Å². The molecule has 0 aliphatic heterocycles. The van der Waals surface area contributed by atoms with Crippen molar-refractivity contribution >= 4 is 42.5 Å². The second-order valence-electron chi connectivity index (χ2n) is 9.72. The lowest BCUT2D eigenvalue weighted by Gasteiger charge is -2.09. The molecule has 5 aromatic carbocycles. The minimum atomic E-state index is 0.663. The van der Waals surface area contributed by atoms with E-state index in [0.717, 1.165) is 22.4 Å². The van der Waals surface area contributed by atoms with Crippen LogP contribution in [-0.2, 0) is 0 Å². The number of rotatable bonds is 4. The molecule has 0 fully saturated rings. The van der Waals surface area contributed by atoms with Crippen LogP contribution in [0.2, 0.25) is 0 Å². The van der Waals surface area contributed by atoms with Gasteiger partial charge >= 0.3 is 0 Å². The Balaban J connectivity index is 1.40. The molecule has 0 saturated carbocycles. The highest BCUT2D eigenvalue weighted by Gasteiger charge is 2.19. The van der Waals surface area contributed by atoms with Crippen LogP contribution >= 0.6 is 11.3 Å². The zero-order chi connectivity index (χ0) is 26.5. The van der Waals surface area contributed by atoms with Crippen molar-refractivity contribution in [3.63, 3.8) is 0 Å². The third kappa shape index (κ3) is 3.71. The largest absolute Gasteiger partial charge is 0.308 e. The minimum absolute atomic E-state index is 0.663. The van der Waals surface area contributed by atoms with Gasteiger partial charge < -0.3 is 4.57 Å². The number of hydrogen-bond donors (Lipinski definition) is 0. The van der Waals surface area contributed by atoms with Crippen molar-refractivity contribution in [3.8, 4) is 39.9 Å². The molecule has 3 heterocycles. The standard InChI is InChI=1S/C35H22N4S/c1-4-12-23(13-5-1)33-36-34(24-14-6-2-7-15-24)38-35(37-33)25-20-21-30-28(22-25)31-32(40-30)27-18-10-11-19-29(27)39(31)26-16-8-3-9-17-26/h1-22H. The van der Waals surface area contributed by atoms with Gasteiger partial charge in [0.25, 0.3) is 0 Å². The first-order valence-electron chi connectivity index (χ1n) is 13.2. The van der Waals surface area contributed by atoms with Gasteiger partial charge in [0, 0.05) is 37.9 Å². The fraction of sp³-hybridized carbons (Fsp3) is 0. The Morgan fingerprint density at radius 2 is 1.02 bits per heavy atom. The molecule has 0 radical (unpaired) electrons. The average molecular weight is 531 g/mol. The summed E-state index contributed by atoms with van der Waals surface area (Å²) in [4.78, 5) is 14.8. The summed E-state index contributed by atoms with van der Waals surface area (Å²) in [6.45, 7) is 0. The Morgan fingerprint density at radius 1 is 0.475 bits per heavy atom. The van der Waals surface area contributed by atoms with E-state index in [1.54, 1.807) is 0 Å². The number of para-hydroxylation sites is 2. The molecule has 0 bridgehead atoms. The molecule has 188 valence electrons. The maximum absolute atomic E-state index is 4.97. The Bertz CT molecular complexity index is 2090. The molecule has 8 aromatic rings. The van der Waals surface area contributed by atoms with E-state index >= 15 is 0 Å².